The molecule has 6 nitrogen and oxygen atoms in total. The third-order valence-corrected chi connectivity index (χ3v) is 2.90. The molecule has 0 aliphatic rings. The molecule has 1 rings (SSSR count). The topological polar surface area (TPSA) is 81.9 Å². The number of carbonyl (C=O) groups excluding carboxylic acids is 2. The second-order valence-electron chi connectivity index (χ2n) is 4.56. The van der Waals surface area contributed by atoms with Crippen LogP contribution in [0.15, 0.2) is 18.2 Å². The number of anilines is 1. The third-order valence-electron chi connectivity index (χ3n) is 2.90. The zero-order chi connectivity index (χ0) is 15.3. The molecule has 1 aromatic rings. The molecule has 0 saturated carbocycles. The van der Waals surface area contributed by atoms with Gasteiger partial charge in [0.1, 0.15) is 12.3 Å². The van der Waals surface area contributed by atoms with Crippen LogP contribution in [-0.4, -0.2) is 43.6 Å². The maximum Gasteiger partial charge on any atom is 0.325 e. The lowest BCUT2D eigenvalue weighted by atomic mass is 10.1. The van der Waals surface area contributed by atoms with Crippen LogP contribution in [-0.2, 0) is 9.53 Å². The molecule has 2 N–H and O–H groups in total. The number of carbonyl (C=O) groups is 2. The van der Waals surface area contributed by atoms with Crippen molar-refractivity contribution in [2.75, 3.05) is 26.5 Å². The number of nitrogen functional groups attached to an aromatic ring is 1. The zero-order valence-electron chi connectivity index (χ0n) is 12.2. The van der Waals surface area contributed by atoms with Crippen molar-refractivity contribution < 1.29 is 19.1 Å². The first kappa shape index (κ1) is 15.8. The molecular formula is C14H20N2O4. The van der Waals surface area contributed by atoms with Crippen LogP contribution in [0.3, 0.4) is 0 Å². The van der Waals surface area contributed by atoms with Gasteiger partial charge in [-0.2, -0.15) is 0 Å². The Labute approximate surface area is 118 Å². The maximum atomic E-state index is 12.5. The average Bonchev–Trinajstić information content (AvgIpc) is 2.43. The Kier molecular flexibility index (Phi) is 5.37. The van der Waals surface area contributed by atoms with Crippen LogP contribution >= 0.6 is 0 Å². The van der Waals surface area contributed by atoms with Crippen LogP contribution in [0.5, 0.6) is 5.75 Å². The predicted molar refractivity (Wildman–Crippen MR) is 75.6 cm³/mol. The van der Waals surface area contributed by atoms with E-state index in [2.05, 4.69) is 4.74 Å². The second kappa shape index (κ2) is 6.79. The van der Waals surface area contributed by atoms with E-state index in [0.717, 1.165) is 0 Å². The fourth-order valence-corrected chi connectivity index (χ4v) is 1.71. The molecular weight excluding hydrogens is 260 g/mol. The first-order valence-electron chi connectivity index (χ1n) is 6.22. The highest BCUT2D eigenvalue weighted by molar-refractivity contribution is 6.00. The lowest BCUT2D eigenvalue weighted by molar-refractivity contribution is -0.141. The van der Waals surface area contributed by atoms with Crippen molar-refractivity contribution in [1.29, 1.82) is 0 Å². The van der Waals surface area contributed by atoms with Crippen molar-refractivity contribution >= 4 is 17.6 Å². The molecule has 20 heavy (non-hydrogen) atoms. The van der Waals surface area contributed by atoms with Gasteiger partial charge < -0.3 is 20.1 Å². The van der Waals surface area contributed by atoms with Gasteiger partial charge in [-0.15, -0.1) is 0 Å². The summed E-state index contributed by atoms with van der Waals surface area (Å²) in [5.41, 5.74) is 6.50. The highest BCUT2D eigenvalue weighted by Gasteiger charge is 2.23. The molecule has 0 heterocycles. The van der Waals surface area contributed by atoms with E-state index < -0.39 is 5.97 Å². The summed E-state index contributed by atoms with van der Waals surface area (Å²) in [6.45, 7) is 3.53. The number of esters is 1. The molecule has 0 saturated heterocycles. The first-order valence-corrected chi connectivity index (χ1v) is 6.22. The standard InChI is InChI=1S/C14H20N2O4/c1-9(2)16(8-13(17)20-4)14(18)11-6-5-10(19-3)7-12(11)15/h5-7,9H,8,15H2,1-4H3. The van der Waals surface area contributed by atoms with Crippen molar-refractivity contribution in [1.82, 2.24) is 4.90 Å². The van der Waals surface area contributed by atoms with Gasteiger partial charge in [-0.05, 0) is 26.0 Å². The Morgan fingerprint density at radius 3 is 2.40 bits per heavy atom. The normalized spacial score (nSPS) is 10.2. The molecule has 1 aromatic carbocycles. The molecule has 0 radical (unpaired) electrons. The number of hydrogen-bond acceptors (Lipinski definition) is 5. The molecule has 0 fully saturated rings. The Morgan fingerprint density at radius 2 is 1.95 bits per heavy atom. The van der Waals surface area contributed by atoms with Crippen LogP contribution in [0.4, 0.5) is 5.69 Å². The summed E-state index contributed by atoms with van der Waals surface area (Å²) >= 11 is 0. The van der Waals surface area contributed by atoms with Crippen molar-refractivity contribution in [2.45, 2.75) is 19.9 Å². The molecule has 0 unspecified atom stereocenters. The maximum absolute atomic E-state index is 12.5. The van der Waals surface area contributed by atoms with Gasteiger partial charge in [0.15, 0.2) is 0 Å². The minimum atomic E-state index is -0.473. The number of ether oxygens (including phenoxy) is 2. The summed E-state index contributed by atoms with van der Waals surface area (Å²) in [5, 5.41) is 0. The molecule has 0 atom stereocenters. The SMILES string of the molecule is COC(=O)CN(C(=O)c1ccc(OC)cc1N)C(C)C. The lowest BCUT2D eigenvalue weighted by Gasteiger charge is -2.26. The number of rotatable bonds is 5. The molecule has 0 spiro atoms. The molecule has 110 valence electrons. The van der Waals surface area contributed by atoms with E-state index >= 15 is 0 Å². The molecule has 1 amide bonds. The number of amides is 1. The Bertz CT molecular complexity index is 500. The highest BCUT2D eigenvalue weighted by Crippen LogP contribution is 2.21. The summed E-state index contributed by atoms with van der Waals surface area (Å²) in [7, 11) is 2.81. The summed E-state index contributed by atoms with van der Waals surface area (Å²) in [5.74, 6) is -0.215. The van der Waals surface area contributed by atoms with Gasteiger partial charge in [-0.3, -0.25) is 9.59 Å². The van der Waals surface area contributed by atoms with E-state index in [0.29, 0.717) is 17.0 Å². The second-order valence-corrected chi connectivity index (χ2v) is 4.56. The predicted octanol–water partition coefficient (Wildman–Crippen LogP) is 1.30. The summed E-state index contributed by atoms with van der Waals surface area (Å²) in [6, 6.07) is 4.66. The molecule has 0 aliphatic carbocycles. The minimum Gasteiger partial charge on any atom is -0.497 e. The first-order chi connectivity index (χ1) is 9.40. The molecule has 0 bridgehead atoms. The fourth-order valence-electron chi connectivity index (χ4n) is 1.71. The Balaban J connectivity index is 3.03. The van der Waals surface area contributed by atoms with Crippen LogP contribution in [0, 0.1) is 0 Å². The van der Waals surface area contributed by atoms with Crippen molar-refractivity contribution in [3.8, 4) is 5.75 Å². The van der Waals surface area contributed by atoms with Crippen LogP contribution in [0.25, 0.3) is 0 Å². The smallest absolute Gasteiger partial charge is 0.325 e. The van der Waals surface area contributed by atoms with E-state index in [1.54, 1.807) is 18.2 Å². The zero-order valence-corrected chi connectivity index (χ0v) is 12.2. The number of hydrogen-bond donors (Lipinski definition) is 1. The summed E-state index contributed by atoms with van der Waals surface area (Å²) in [4.78, 5) is 25.2. The average molecular weight is 280 g/mol. The van der Waals surface area contributed by atoms with E-state index in [9.17, 15) is 9.59 Å². The van der Waals surface area contributed by atoms with Gasteiger partial charge in [-0.1, -0.05) is 0 Å². The number of methoxy groups -OCH3 is 2. The summed E-state index contributed by atoms with van der Waals surface area (Å²) in [6.07, 6.45) is 0. The van der Waals surface area contributed by atoms with E-state index in [1.165, 1.54) is 19.1 Å². The van der Waals surface area contributed by atoms with E-state index in [1.807, 2.05) is 13.8 Å². The quantitative estimate of drug-likeness (QED) is 0.649. The van der Waals surface area contributed by atoms with Gasteiger partial charge in [0, 0.05) is 17.8 Å². The van der Waals surface area contributed by atoms with E-state index in [-0.39, 0.29) is 18.5 Å². The minimum absolute atomic E-state index is 0.113. The highest BCUT2D eigenvalue weighted by atomic mass is 16.5. The molecule has 0 aliphatic heterocycles. The third kappa shape index (κ3) is 3.63. The molecule has 0 aromatic heterocycles. The van der Waals surface area contributed by atoms with Gasteiger partial charge in [0.25, 0.3) is 5.91 Å². The van der Waals surface area contributed by atoms with Crippen LogP contribution < -0.4 is 10.5 Å². The van der Waals surface area contributed by atoms with Crippen LogP contribution in [0.2, 0.25) is 0 Å². The largest absolute Gasteiger partial charge is 0.497 e. The number of nitrogens with zero attached hydrogens (tertiary/aromatic N) is 1. The lowest BCUT2D eigenvalue weighted by Crippen LogP contribution is -2.41. The van der Waals surface area contributed by atoms with Crippen molar-refractivity contribution in [3.05, 3.63) is 23.8 Å². The summed E-state index contributed by atoms with van der Waals surface area (Å²) < 4.78 is 9.64. The number of benzene rings is 1. The van der Waals surface area contributed by atoms with Gasteiger partial charge in [0.05, 0.1) is 19.8 Å². The van der Waals surface area contributed by atoms with Gasteiger partial charge in [-0.25, -0.2) is 0 Å². The van der Waals surface area contributed by atoms with Crippen molar-refractivity contribution in [3.63, 3.8) is 0 Å². The Hall–Kier alpha value is -2.24. The van der Waals surface area contributed by atoms with Gasteiger partial charge >= 0.3 is 5.97 Å². The monoisotopic (exact) mass is 280 g/mol. The Morgan fingerprint density at radius 1 is 1.30 bits per heavy atom. The van der Waals surface area contributed by atoms with Crippen molar-refractivity contribution in [2.24, 2.45) is 0 Å². The number of nitrogens with two attached hydrogens (primary N) is 1. The molecule has 6 heteroatoms. The van der Waals surface area contributed by atoms with Gasteiger partial charge in [0.2, 0.25) is 0 Å². The fraction of sp³-hybridized carbons (Fsp3) is 0.429. The van der Waals surface area contributed by atoms with Crippen LogP contribution in [0.1, 0.15) is 24.2 Å². The van der Waals surface area contributed by atoms with E-state index in [4.69, 9.17) is 10.5 Å².